The fourth-order valence-electron chi connectivity index (χ4n) is 5.73. The molecule has 0 amide bonds. The van der Waals surface area contributed by atoms with Crippen LogP contribution in [0.15, 0.2) is 127 Å². The Morgan fingerprint density at radius 2 is 1.22 bits per heavy atom. The summed E-state index contributed by atoms with van der Waals surface area (Å²) in [6.45, 7) is 0. The van der Waals surface area contributed by atoms with Crippen LogP contribution in [0.25, 0.3) is 69.6 Å². The van der Waals surface area contributed by atoms with Crippen LogP contribution in [0.1, 0.15) is 0 Å². The molecule has 0 fully saturated rings. The zero-order chi connectivity index (χ0) is 23.6. The van der Waals surface area contributed by atoms with Gasteiger partial charge in [-0.25, -0.2) is 0 Å². The van der Waals surface area contributed by atoms with Crippen LogP contribution in [0.3, 0.4) is 0 Å². The second kappa shape index (κ2) is 7.55. The van der Waals surface area contributed by atoms with Crippen molar-refractivity contribution in [1.82, 2.24) is 4.57 Å². The number of rotatable bonds is 2. The van der Waals surface area contributed by atoms with Gasteiger partial charge in [-0.1, -0.05) is 91.0 Å². The molecule has 0 radical (unpaired) electrons. The highest BCUT2D eigenvalue weighted by Gasteiger charge is 2.16. The first-order valence-corrected chi connectivity index (χ1v) is 13.1. The number of hydrogen-bond acceptors (Lipinski definition) is 1. The Bertz CT molecular complexity index is 2090. The first-order valence-electron chi connectivity index (χ1n) is 12.3. The van der Waals surface area contributed by atoms with Gasteiger partial charge in [-0.2, -0.15) is 0 Å². The van der Waals surface area contributed by atoms with Crippen LogP contribution < -0.4 is 0 Å². The first kappa shape index (κ1) is 19.9. The summed E-state index contributed by atoms with van der Waals surface area (Å²) >= 11 is 1.88. The second-order valence-corrected chi connectivity index (χ2v) is 10.5. The molecule has 0 unspecified atom stereocenters. The van der Waals surface area contributed by atoms with E-state index in [1.165, 1.54) is 69.6 Å². The molecule has 8 rings (SSSR count). The van der Waals surface area contributed by atoms with Crippen molar-refractivity contribution in [2.75, 3.05) is 0 Å². The first-order chi connectivity index (χ1) is 17.8. The quantitative estimate of drug-likeness (QED) is 0.234. The lowest BCUT2D eigenvalue weighted by Crippen LogP contribution is -1.95. The summed E-state index contributed by atoms with van der Waals surface area (Å²) in [6, 6.07) is 46.5. The van der Waals surface area contributed by atoms with Crippen LogP contribution in [0.5, 0.6) is 0 Å². The van der Waals surface area contributed by atoms with Crippen molar-refractivity contribution in [2.45, 2.75) is 0 Å². The SMILES string of the molecule is c1ccc(-c2cccc(-n3c4ccccc4c4ccc5cc6sc7ccccc7c6cc5c43)c2)cc1. The van der Waals surface area contributed by atoms with Crippen LogP contribution in [0, 0.1) is 0 Å². The number of nitrogens with zero attached hydrogens (tertiary/aromatic N) is 1. The van der Waals surface area contributed by atoms with Gasteiger partial charge in [-0.15, -0.1) is 11.3 Å². The second-order valence-electron chi connectivity index (χ2n) is 9.40. The van der Waals surface area contributed by atoms with E-state index in [2.05, 4.69) is 132 Å². The molecule has 0 N–H and O–H groups in total. The van der Waals surface area contributed by atoms with Crippen molar-refractivity contribution in [1.29, 1.82) is 0 Å². The maximum atomic E-state index is 2.46. The van der Waals surface area contributed by atoms with Crippen LogP contribution in [0.2, 0.25) is 0 Å². The highest BCUT2D eigenvalue weighted by atomic mass is 32.1. The molecule has 0 aliphatic heterocycles. The number of para-hydroxylation sites is 1. The summed E-state index contributed by atoms with van der Waals surface area (Å²) < 4.78 is 5.15. The number of benzene rings is 6. The van der Waals surface area contributed by atoms with E-state index in [-0.39, 0.29) is 0 Å². The summed E-state index contributed by atoms with van der Waals surface area (Å²) in [5.41, 5.74) is 6.16. The molecule has 0 aliphatic rings. The highest BCUT2D eigenvalue weighted by molar-refractivity contribution is 7.25. The Kier molecular flexibility index (Phi) is 4.16. The molecule has 1 nitrogen and oxygen atoms in total. The number of hydrogen-bond donors (Lipinski definition) is 0. The topological polar surface area (TPSA) is 4.93 Å². The summed E-state index contributed by atoms with van der Waals surface area (Å²) in [6.07, 6.45) is 0. The van der Waals surface area contributed by atoms with Crippen molar-refractivity contribution >= 4 is 64.1 Å². The third-order valence-corrected chi connectivity index (χ3v) is 8.49. The van der Waals surface area contributed by atoms with Crippen molar-refractivity contribution in [3.63, 3.8) is 0 Å². The molecule has 0 atom stereocenters. The van der Waals surface area contributed by atoms with E-state index >= 15 is 0 Å². The molecule has 0 bridgehead atoms. The lowest BCUT2D eigenvalue weighted by atomic mass is 10.0. The van der Waals surface area contributed by atoms with Gasteiger partial charge >= 0.3 is 0 Å². The Hall–Kier alpha value is -4.40. The molecule has 0 aliphatic carbocycles. The summed E-state index contributed by atoms with van der Waals surface area (Å²) in [5.74, 6) is 0. The van der Waals surface area contributed by atoms with E-state index in [0.717, 1.165) is 0 Å². The third kappa shape index (κ3) is 2.82. The molecule has 36 heavy (non-hydrogen) atoms. The van der Waals surface area contributed by atoms with Gasteiger partial charge < -0.3 is 4.57 Å². The molecule has 0 saturated heterocycles. The van der Waals surface area contributed by atoms with Crippen LogP contribution in [-0.4, -0.2) is 4.57 Å². The molecule has 6 aromatic carbocycles. The minimum Gasteiger partial charge on any atom is -0.309 e. The van der Waals surface area contributed by atoms with Crippen molar-refractivity contribution < 1.29 is 0 Å². The average molecular weight is 476 g/mol. The Morgan fingerprint density at radius 3 is 2.14 bits per heavy atom. The number of fused-ring (bicyclic) bond motifs is 8. The summed E-state index contributed by atoms with van der Waals surface area (Å²) in [4.78, 5) is 0. The maximum Gasteiger partial charge on any atom is 0.0619 e. The van der Waals surface area contributed by atoms with E-state index < -0.39 is 0 Å². The van der Waals surface area contributed by atoms with E-state index in [4.69, 9.17) is 0 Å². The van der Waals surface area contributed by atoms with Crippen LogP contribution >= 0.6 is 11.3 Å². The minimum atomic E-state index is 1.19. The fourth-order valence-corrected chi connectivity index (χ4v) is 6.86. The molecule has 0 spiro atoms. The number of thiophene rings is 1. The fraction of sp³-hybridized carbons (Fsp3) is 0. The van der Waals surface area contributed by atoms with Gasteiger partial charge in [-0.05, 0) is 52.9 Å². The minimum absolute atomic E-state index is 1.19. The normalized spacial score (nSPS) is 11.9. The molecular formula is C34H21NS. The van der Waals surface area contributed by atoms with Gasteiger partial charge in [0.25, 0.3) is 0 Å². The van der Waals surface area contributed by atoms with Gasteiger partial charge in [-0.3, -0.25) is 0 Å². The number of aromatic nitrogens is 1. The standard InChI is InChI=1S/C34H21NS/c1-2-9-22(10-3-1)23-11-8-12-25(19-23)35-31-15-6-4-13-26(31)28-18-17-24-20-33-30(21-29(24)34(28)35)27-14-5-7-16-32(27)36-33/h1-21H. The van der Waals surface area contributed by atoms with E-state index in [1.807, 2.05) is 11.3 Å². The maximum absolute atomic E-state index is 2.46. The van der Waals surface area contributed by atoms with Crippen molar-refractivity contribution in [3.8, 4) is 16.8 Å². The smallest absolute Gasteiger partial charge is 0.0619 e. The van der Waals surface area contributed by atoms with E-state index in [0.29, 0.717) is 0 Å². The Labute approximate surface area is 212 Å². The molecule has 2 aromatic heterocycles. The Morgan fingerprint density at radius 1 is 0.444 bits per heavy atom. The lowest BCUT2D eigenvalue weighted by molar-refractivity contribution is 1.19. The third-order valence-electron chi connectivity index (χ3n) is 7.36. The van der Waals surface area contributed by atoms with E-state index in [9.17, 15) is 0 Å². The zero-order valence-electron chi connectivity index (χ0n) is 19.5. The predicted octanol–water partition coefficient (Wildman–Crippen LogP) is 9.97. The average Bonchev–Trinajstić information content (AvgIpc) is 3.48. The monoisotopic (exact) mass is 475 g/mol. The highest BCUT2D eigenvalue weighted by Crippen LogP contribution is 2.41. The van der Waals surface area contributed by atoms with Crippen LogP contribution in [0.4, 0.5) is 0 Å². The van der Waals surface area contributed by atoms with Gasteiger partial charge in [0.2, 0.25) is 0 Å². The molecule has 2 heterocycles. The largest absolute Gasteiger partial charge is 0.309 e. The van der Waals surface area contributed by atoms with Crippen LogP contribution in [-0.2, 0) is 0 Å². The van der Waals surface area contributed by atoms with Crippen molar-refractivity contribution in [3.05, 3.63) is 127 Å². The van der Waals surface area contributed by atoms with Gasteiger partial charge in [0.15, 0.2) is 0 Å². The Balaban J connectivity index is 1.52. The lowest BCUT2D eigenvalue weighted by Gasteiger charge is -2.12. The van der Waals surface area contributed by atoms with Gasteiger partial charge in [0.05, 0.1) is 11.0 Å². The molecular weight excluding hydrogens is 454 g/mol. The molecule has 168 valence electrons. The predicted molar refractivity (Wildman–Crippen MR) is 157 cm³/mol. The molecule has 2 heteroatoms. The van der Waals surface area contributed by atoms with E-state index in [1.54, 1.807) is 0 Å². The summed E-state index contributed by atoms with van der Waals surface area (Å²) in [7, 11) is 0. The summed E-state index contributed by atoms with van der Waals surface area (Å²) in [5, 5.41) is 7.84. The molecule has 8 aromatic rings. The zero-order valence-corrected chi connectivity index (χ0v) is 20.3. The molecule has 0 saturated carbocycles. The van der Waals surface area contributed by atoms with Gasteiger partial charge in [0.1, 0.15) is 0 Å². The van der Waals surface area contributed by atoms with Gasteiger partial charge in [0, 0.05) is 42.0 Å². The van der Waals surface area contributed by atoms with Crippen molar-refractivity contribution in [2.24, 2.45) is 0 Å².